The molecule has 2 amide bonds. The van der Waals surface area contributed by atoms with Crippen LogP contribution in [0.15, 0.2) is 59.1 Å². The zero-order valence-corrected chi connectivity index (χ0v) is 16.8. The van der Waals surface area contributed by atoms with Crippen LogP contribution in [-0.2, 0) is 11.2 Å². The van der Waals surface area contributed by atoms with Gasteiger partial charge in [-0.2, -0.15) is 0 Å². The lowest BCUT2D eigenvalue weighted by molar-refractivity contribution is -0.124. The van der Waals surface area contributed by atoms with E-state index in [0.717, 1.165) is 17.3 Å². The van der Waals surface area contributed by atoms with E-state index in [-0.39, 0.29) is 17.7 Å². The minimum atomic E-state index is -0.553. The van der Waals surface area contributed by atoms with Crippen LogP contribution in [0.25, 0.3) is 0 Å². The molecule has 0 fully saturated rings. The zero-order chi connectivity index (χ0) is 18.9. The van der Waals surface area contributed by atoms with Crippen molar-refractivity contribution in [3.8, 4) is 0 Å². The number of hydrogen-bond acceptors (Lipinski definition) is 2. The number of carbonyl (C=O) groups is 2. The van der Waals surface area contributed by atoms with E-state index in [2.05, 4.69) is 26.6 Å². The Morgan fingerprint density at radius 3 is 2.46 bits per heavy atom. The largest absolute Gasteiger partial charge is 0.354 e. The van der Waals surface area contributed by atoms with E-state index in [0.29, 0.717) is 12.1 Å². The van der Waals surface area contributed by atoms with Gasteiger partial charge in [0.1, 0.15) is 6.04 Å². The highest BCUT2D eigenvalue weighted by Gasteiger charge is 2.26. The van der Waals surface area contributed by atoms with Crippen LogP contribution in [-0.4, -0.2) is 24.4 Å². The molecule has 0 bridgehead atoms. The Morgan fingerprint density at radius 1 is 1.08 bits per heavy atom. The Balaban J connectivity index is 1.97. The molecule has 2 aromatic rings. The fraction of sp³-hybridized carbons (Fsp3) is 0.333. The minimum absolute atomic E-state index is 0.0443. The topological polar surface area (TPSA) is 58.2 Å². The fourth-order valence-electron chi connectivity index (χ4n) is 2.64. The number of rotatable bonds is 8. The van der Waals surface area contributed by atoms with E-state index in [4.69, 9.17) is 0 Å². The second-order valence-electron chi connectivity index (χ2n) is 6.37. The monoisotopic (exact) mass is 416 g/mol. The Kier molecular flexibility index (Phi) is 7.85. The van der Waals surface area contributed by atoms with Gasteiger partial charge < -0.3 is 10.6 Å². The Bertz CT molecular complexity index is 734. The first-order valence-electron chi connectivity index (χ1n) is 8.89. The molecular formula is C21H25BrN2O2. The van der Waals surface area contributed by atoms with Gasteiger partial charge in [0.2, 0.25) is 5.91 Å². The summed E-state index contributed by atoms with van der Waals surface area (Å²) < 4.78 is 0.831. The minimum Gasteiger partial charge on any atom is -0.354 e. The Labute approximate surface area is 163 Å². The molecule has 0 aliphatic heterocycles. The molecule has 0 saturated carbocycles. The molecule has 138 valence electrons. The maximum absolute atomic E-state index is 12.6. The summed E-state index contributed by atoms with van der Waals surface area (Å²) in [6, 6.07) is 16.6. The van der Waals surface area contributed by atoms with Crippen LogP contribution in [0.3, 0.4) is 0 Å². The van der Waals surface area contributed by atoms with Gasteiger partial charge >= 0.3 is 0 Å². The fourth-order valence-corrected chi connectivity index (χ4v) is 3.04. The number of benzene rings is 2. The molecular weight excluding hydrogens is 392 g/mol. The summed E-state index contributed by atoms with van der Waals surface area (Å²) in [5, 5.41) is 5.84. The molecule has 2 atom stereocenters. The summed E-state index contributed by atoms with van der Waals surface area (Å²) in [5.41, 5.74) is 1.70. The first kappa shape index (κ1) is 20.2. The normalized spacial score (nSPS) is 12.9. The number of nitrogens with one attached hydrogen (secondary N) is 2. The van der Waals surface area contributed by atoms with Crippen LogP contribution in [0.2, 0.25) is 0 Å². The van der Waals surface area contributed by atoms with E-state index in [1.165, 1.54) is 5.56 Å². The van der Waals surface area contributed by atoms with Crippen molar-refractivity contribution in [2.75, 3.05) is 6.54 Å². The van der Waals surface area contributed by atoms with Crippen LogP contribution >= 0.6 is 15.9 Å². The van der Waals surface area contributed by atoms with Crippen LogP contribution in [0.4, 0.5) is 0 Å². The van der Waals surface area contributed by atoms with Crippen LogP contribution in [0.5, 0.6) is 0 Å². The van der Waals surface area contributed by atoms with Crippen molar-refractivity contribution in [3.63, 3.8) is 0 Å². The molecule has 0 saturated heterocycles. The summed E-state index contributed by atoms with van der Waals surface area (Å²) >= 11 is 3.37. The van der Waals surface area contributed by atoms with Crippen LogP contribution in [0.1, 0.15) is 36.2 Å². The van der Waals surface area contributed by atoms with Crippen molar-refractivity contribution in [1.82, 2.24) is 10.6 Å². The van der Waals surface area contributed by atoms with Crippen LogP contribution < -0.4 is 10.6 Å². The van der Waals surface area contributed by atoms with Crippen molar-refractivity contribution in [2.45, 2.75) is 32.7 Å². The first-order chi connectivity index (χ1) is 12.5. The third kappa shape index (κ3) is 5.99. The molecule has 4 nitrogen and oxygen atoms in total. The van der Waals surface area contributed by atoms with Gasteiger partial charge in [-0.25, -0.2) is 0 Å². The molecule has 2 rings (SSSR count). The number of carbonyl (C=O) groups excluding carboxylic acids is 2. The van der Waals surface area contributed by atoms with Gasteiger partial charge in [0.05, 0.1) is 0 Å². The van der Waals surface area contributed by atoms with E-state index >= 15 is 0 Å². The maximum Gasteiger partial charge on any atom is 0.251 e. The second-order valence-corrected chi connectivity index (χ2v) is 7.29. The zero-order valence-electron chi connectivity index (χ0n) is 15.2. The first-order valence-corrected chi connectivity index (χ1v) is 9.68. The Morgan fingerprint density at radius 2 is 1.81 bits per heavy atom. The van der Waals surface area contributed by atoms with E-state index < -0.39 is 6.04 Å². The van der Waals surface area contributed by atoms with E-state index in [1.807, 2.05) is 50.2 Å². The lowest BCUT2D eigenvalue weighted by Crippen LogP contribution is -2.50. The number of halogens is 1. The lowest BCUT2D eigenvalue weighted by Gasteiger charge is -2.23. The molecule has 2 unspecified atom stereocenters. The SMILES string of the molecule is CCC(C)C(NC(=O)c1cccc(Br)c1)C(=O)NCCc1ccccc1. The summed E-state index contributed by atoms with van der Waals surface area (Å²) in [5.74, 6) is -0.337. The number of amides is 2. The predicted molar refractivity (Wildman–Crippen MR) is 108 cm³/mol. The molecule has 0 aliphatic rings. The molecule has 2 N–H and O–H groups in total. The molecule has 0 spiro atoms. The predicted octanol–water partition coefficient (Wildman–Crippen LogP) is 3.95. The van der Waals surface area contributed by atoms with Gasteiger partial charge in [-0.1, -0.05) is 72.6 Å². The summed E-state index contributed by atoms with van der Waals surface area (Å²) in [7, 11) is 0. The van der Waals surface area contributed by atoms with Crippen molar-refractivity contribution < 1.29 is 9.59 Å². The van der Waals surface area contributed by atoms with Gasteiger partial charge in [0.15, 0.2) is 0 Å². The van der Waals surface area contributed by atoms with Crippen LogP contribution in [0, 0.1) is 5.92 Å². The number of hydrogen-bond donors (Lipinski definition) is 2. The summed E-state index contributed by atoms with van der Waals surface area (Å²) in [4.78, 5) is 25.1. The van der Waals surface area contributed by atoms with Gasteiger partial charge in [-0.3, -0.25) is 9.59 Å². The van der Waals surface area contributed by atoms with Gasteiger partial charge in [0, 0.05) is 16.6 Å². The molecule has 0 heterocycles. The highest BCUT2D eigenvalue weighted by atomic mass is 79.9. The molecule has 26 heavy (non-hydrogen) atoms. The van der Waals surface area contributed by atoms with Crippen molar-refractivity contribution in [1.29, 1.82) is 0 Å². The molecule has 0 aliphatic carbocycles. The quantitative estimate of drug-likeness (QED) is 0.684. The highest BCUT2D eigenvalue weighted by molar-refractivity contribution is 9.10. The molecule has 2 aromatic carbocycles. The third-order valence-electron chi connectivity index (χ3n) is 4.42. The van der Waals surface area contributed by atoms with Crippen molar-refractivity contribution >= 4 is 27.7 Å². The maximum atomic E-state index is 12.6. The standard InChI is InChI=1S/C21H25BrN2O2/c1-3-15(2)19(24-20(25)17-10-7-11-18(22)14-17)21(26)23-13-12-16-8-5-4-6-9-16/h4-11,14-15,19H,3,12-13H2,1-2H3,(H,23,26)(H,24,25). The molecule has 0 radical (unpaired) electrons. The van der Waals surface area contributed by atoms with Crippen molar-refractivity contribution in [2.24, 2.45) is 5.92 Å². The third-order valence-corrected chi connectivity index (χ3v) is 4.92. The lowest BCUT2D eigenvalue weighted by atomic mass is 9.97. The smallest absolute Gasteiger partial charge is 0.251 e. The summed E-state index contributed by atoms with van der Waals surface area (Å²) in [6.45, 7) is 4.53. The van der Waals surface area contributed by atoms with E-state index in [1.54, 1.807) is 18.2 Å². The van der Waals surface area contributed by atoms with Crippen molar-refractivity contribution in [3.05, 3.63) is 70.2 Å². The second kappa shape index (κ2) is 10.1. The average Bonchev–Trinajstić information content (AvgIpc) is 2.66. The Hall–Kier alpha value is -2.14. The van der Waals surface area contributed by atoms with E-state index in [9.17, 15) is 9.59 Å². The molecule has 0 aromatic heterocycles. The van der Waals surface area contributed by atoms with Gasteiger partial charge in [-0.15, -0.1) is 0 Å². The highest BCUT2D eigenvalue weighted by Crippen LogP contribution is 2.13. The van der Waals surface area contributed by atoms with Gasteiger partial charge in [0.25, 0.3) is 5.91 Å². The molecule has 5 heteroatoms. The van der Waals surface area contributed by atoms with Gasteiger partial charge in [-0.05, 0) is 36.1 Å². The average molecular weight is 417 g/mol. The summed E-state index contributed by atoms with van der Waals surface area (Å²) in [6.07, 6.45) is 1.56.